The lowest BCUT2D eigenvalue weighted by Gasteiger charge is -2.19. The Bertz CT molecular complexity index is 819. The maximum atomic E-state index is 5.68. The number of hydrogen-bond acceptors (Lipinski definition) is 3. The van der Waals surface area contributed by atoms with Gasteiger partial charge < -0.3 is 14.8 Å². The molecule has 2 heterocycles. The molecule has 0 amide bonds. The number of nitrogens with two attached hydrogens (primary N) is 1. The summed E-state index contributed by atoms with van der Waals surface area (Å²) in [6.45, 7) is 8.75. The Morgan fingerprint density at radius 2 is 1.90 bits per heavy atom. The van der Waals surface area contributed by atoms with Crippen LogP contribution in [0.5, 0.6) is 0 Å². The van der Waals surface area contributed by atoms with Crippen LogP contribution in [0.15, 0.2) is 28.8 Å². The first-order valence-electron chi connectivity index (χ1n) is 7.11. The van der Waals surface area contributed by atoms with E-state index in [0.717, 1.165) is 17.0 Å². The molecule has 2 N–H and O–H groups in total. The molecule has 1 aromatic carbocycles. The number of nitrogens with zero attached hydrogens (tertiary/aromatic N) is 2. The van der Waals surface area contributed by atoms with E-state index in [1.165, 1.54) is 16.5 Å². The van der Waals surface area contributed by atoms with Crippen molar-refractivity contribution in [2.45, 2.75) is 33.1 Å². The van der Waals surface area contributed by atoms with Crippen LogP contribution < -0.4 is 5.73 Å². The predicted octanol–water partition coefficient (Wildman–Crippen LogP) is 4.02. The molecule has 0 atom stereocenters. The Labute approximate surface area is 124 Å². The number of aromatic nitrogens is 2. The van der Waals surface area contributed by atoms with E-state index in [1.807, 2.05) is 0 Å². The van der Waals surface area contributed by atoms with Crippen LogP contribution in [0.2, 0.25) is 0 Å². The molecule has 110 valence electrons. The summed E-state index contributed by atoms with van der Waals surface area (Å²) in [5.41, 5.74) is 11.3. The molecule has 0 unspecified atom stereocenters. The molecule has 3 rings (SSSR count). The van der Waals surface area contributed by atoms with Crippen molar-refractivity contribution in [3.63, 3.8) is 0 Å². The van der Waals surface area contributed by atoms with Crippen LogP contribution in [-0.4, -0.2) is 9.72 Å². The van der Waals surface area contributed by atoms with E-state index < -0.39 is 0 Å². The molecule has 4 heteroatoms. The van der Waals surface area contributed by atoms with Crippen LogP contribution in [-0.2, 0) is 12.5 Å². The number of anilines is 1. The van der Waals surface area contributed by atoms with Crippen molar-refractivity contribution in [1.29, 1.82) is 0 Å². The van der Waals surface area contributed by atoms with Crippen LogP contribution in [0.3, 0.4) is 0 Å². The molecule has 0 aliphatic carbocycles. The van der Waals surface area contributed by atoms with Crippen LogP contribution in [0.1, 0.15) is 32.0 Å². The molecule has 3 aromatic rings. The molecule has 4 nitrogen and oxygen atoms in total. The third-order valence-electron chi connectivity index (χ3n) is 4.14. The highest BCUT2D eigenvalue weighted by atomic mass is 16.5. The summed E-state index contributed by atoms with van der Waals surface area (Å²) < 4.78 is 7.23. The summed E-state index contributed by atoms with van der Waals surface area (Å²) in [7, 11) is 2.07. The van der Waals surface area contributed by atoms with E-state index in [9.17, 15) is 0 Å². The predicted molar refractivity (Wildman–Crippen MR) is 86.3 cm³/mol. The second kappa shape index (κ2) is 4.38. The Hall–Kier alpha value is -2.23. The summed E-state index contributed by atoms with van der Waals surface area (Å²) in [4.78, 5) is 0. The molecule has 0 fully saturated rings. The lowest BCUT2D eigenvalue weighted by atomic mass is 9.86. The van der Waals surface area contributed by atoms with Gasteiger partial charge >= 0.3 is 0 Å². The van der Waals surface area contributed by atoms with Crippen molar-refractivity contribution in [3.05, 3.63) is 35.5 Å². The van der Waals surface area contributed by atoms with Gasteiger partial charge in [-0.2, -0.15) is 0 Å². The molecule has 2 aromatic heterocycles. The molecule has 0 radical (unpaired) electrons. The van der Waals surface area contributed by atoms with E-state index >= 15 is 0 Å². The molecule has 0 aliphatic rings. The molecule has 0 spiro atoms. The van der Waals surface area contributed by atoms with Gasteiger partial charge in [0.2, 0.25) is 5.88 Å². The Morgan fingerprint density at radius 1 is 1.19 bits per heavy atom. The highest BCUT2D eigenvalue weighted by Crippen LogP contribution is 2.36. The number of hydrogen-bond donors (Lipinski definition) is 1. The number of fused-ring (bicyclic) bond motifs is 1. The van der Waals surface area contributed by atoms with Crippen molar-refractivity contribution < 1.29 is 4.52 Å². The lowest BCUT2D eigenvalue weighted by molar-refractivity contribution is 0.439. The monoisotopic (exact) mass is 283 g/mol. The lowest BCUT2D eigenvalue weighted by Crippen LogP contribution is -2.10. The Morgan fingerprint density at radius 3 is 2.48 bits per heavy atom. The van der Waals surface area contributed by atoms with Crippen molar-refractivity contribution in [1.82, 2.24) is 9.72 Å². The zero-order chi connectivity index (χ0) is 15.4. The van der Waals surface area contributed by atoms with Crippen molar-refractivity contribution in [2.24, 2.45) is 7.05 Å². The SMILES string of the molecule is Cc1c(-c2cc(N)on2)c2cc(C(C)(C)C)ccc2n1C. The molecule has 0 bridgehead atoms. The third kappa shape index (κ3) is 2.11. The van der Waals surface area contributed by atoms with Gasteiger partial charge in [0.25, 0.3) is 0 Å². The summed E-state index contributed by atoms with van der Waals surface area (Å²) in [6.07, 6.45) is 0. The first kappa shape index (κ1) is 13.7. The van der Waals surface area contributed by atoms with Gasteiger partial charge in [-0.25, -0.2) is 0 Å². The van der Waals surface area contributed by atoms with Crippen LogP contribution >= 0.6 is 0 Å². The standard InChI is InChI=1S/C17H21N3O/c1-10-16(13-9-15(18)21-19-13)12-8-11(17(2,3)4)6-7-14(12)20(10)5/h6-9H,18H2,1-5H3. The quantitative estimate of drug-likeness (QED) is 0.733. The van der Waals surface area contributed by atoms with Crippen LogP contribution in [0.25, 0.3) is 22.2 Å². The minimum Gasteiger partial charge on any atom is -0.368 e. The summed E-state index contributed by atoms with van der Waals surface area (Å²) in [5, 5.41) is 5.28. The summed E-state index contributed by atoms with van der Waals surface area (Å²) in [6, 6.07) is 8.41. The van der Waals surface area contributed by atoms with Crippen LogP contribution in [0, 0.1) is 6.92 Å². The largest absolute Gasteiger partial charge is 0.368 e. The molecule has 21 heavy (non-hydrogen) atoms. The Balaban J connectivity index is 2.35. The number of nitrogen functional groups attached to an aromatic ring is 1. The first-order chi connectivity index (χ1) is 9.79. The summed E-state index contributed by atoms with van der Waals surface area (Å²) in [5.74, 6) is 0.341. The van der Waals surface area contributed by atoms with Crippen molar-refractivity contribution in [2.75, 3.05) is 5.73 Å². The molecular formula is C17H21N3O. The molecular weight excluding hydrogens is 262 g/mol. The minimum absolute atomic E-state index is 0.109. The number of rotatable bonds is 1. The fraction of sp³-hybridized carbons (Fsp3) is 0.353. The summed E-state index contributed by atoms with van der Waals surface area (Å²) >= 11 is 0. The number of aryl methyl sites for hydroxylation is 1. The maximum absolute atomic E-state index is 5.68. The number of benzene rings is 1. The maximum Gasteiger partial charge on any atom is 0.222 e. The molecule has 0 saturated heterocycles. The van der Waals surface area contributed by atoms with Gasteiger partial charge in [0.15, 0.2) is 0 Å². The van der Waals surface area contributed by atoms with Gasteiger partial charge in [-0.1, -0.05) is 32.0 Å². The van der Waals surface area contributed by atoms with Gasteiger partial charge in [-0.3, -0.25) is 0 Å². The van der Waals surface area contributed by atoms with Gasteiger partial charge in [0.1, 0.15) is 5.69 Å². The molecule has 0 saturated carbocycles. The highest BCUT2D eigenvalue weighted by Gasteiger charge is 2.20. The average Bonchev–Trinajstić information content (AvgIpc) is 2.92. The normalized spacial score (nSPS) is 12.2. The van der Waals surface area contributed by atoms with Gasteiger partial charge in [-0.15, -0.1) is 0 Å². The van der Waals surface area contributed by atoms with Gasteiger partial charge in [0.05, 0.1) is 0 Å². The fourth-order valence-corrected chi connectivity index (χ4v) is 2.77. The van der Waals surface area contributed by atoms with E-state index in [1.54, 1.807) is 6.07 Å². The van der Waals surface area contributed by atoms with E-state index in [0.29, 0.717) is 5.88 Å². The zero-order valence-corrected chi connectivity index (χ0v) is 13.2. The Kier molecular flexibility index (Phi) is 2.87. The average molecular weight is 283 g/mol. The van der Waals surface area contributed by atoms with Crippen molar-refractivity contribution in [3.8, 4) is 11.3 Å². The van der Waals surface area contributed by atoms with Crippen molar-refractivity contribution >= 4 is 16.8 Å². The smallest absolute Gasteiger partial charge is 0.222 e. The zero-order valence-electron chi connectivity index (χ0n) is 13.2. The second-order valence-electron chi connectivity index (χ2n) is 6.62. The topological polar surface area (TPSA) is 57.0 Å². The van der Waals surface area contributed by atoms with E-state index in [4.69, 9.17) is 10.3 Å². The highest BCUT2D eigenvalue weighted by molar-refractivity contribution is 5.97. The second-order valence-corrected chi connectivity index (χ2v) is 6.62. The molecule has 0 aliphatic heterocycles. The first-order valence-corrected chi connectivity index (χ1v) is 7.11. The minimum atomic E-state index is 0.109. The fourth-order valence-electron chi connectivity index (χ4n) is 2.77. The van der Waals surface area contributed by atoms with Gasteiger partial charge in [-0.05, 0) is 30.0 Å². The van der Waals surface area contributed by atoms with Crippen LogP contribution in [0.4, 0.5) is 5.88 Å². The van der Waals surface area contributed by atoms with E-state index in [-0.39, 0.29) is 5.41 Å². The van der Waals surface area contributed by atoms with Gasteiger partial charge in [0, 0.05) is 35.3 Å². The third-order valence-corrected chi connectivity index (χ3v) is 4.14. The van der Waals surface area contributed by atoms with E-state index in [2.05, 4.69) is 62.7 Å².